The molecule has 0 amide bonds. The molecule has 96 valence electrons. The third-order valence-corrected chi connectivity index (χ3v) is 4.33. The van der Waals surface area contributed by atoms with Crippen molar-refractivity contribution in [2.24, 2.45) is 5.92 Å². The fraction of sp³-hybridized carbons (Fsp3) is 0.417. The first-order valence-electron chi connectivity index (χ1n) is 5.65. The maximum atomic E-state index is 12.1. The Balaban J connectivity index is 2.33. The molecule has 18 heavy (non-hydrogen) atoms. The molecule has 0 bridgehead atoms. The number of methoxy groups -OCH3 is 1. The number of nitriles is 1. The van der Waals surface area contributed by atoms with E-state index in [0.29, 0.717) is 12.5 Å². The van der Waals surface area contributed by atoms with Crippen LogP contribution >= 0.6 is 0 Å². The molecule has 1 aliphatic carbocycles. The normalized spacial score (nSPS) is 15.1. The zero-order chi connectivity index (χ0) is 13.2. The van der Waals surface area contributed by atoms with E-state index in [-0.39, 0.29) is 16.2 Å². The van der Waals surface area contributed by atoms with Crippen molar-refractivity contribution in [2.45, 2.75) is 17.7 Å². The van der Waals surface area contributed by atoms with Crippen LogP contribution in [0.4, 0.5) is 0 Å². The SMILES string of the molecule is COc1cccc(S(=O)(=O)NCC2CC2)c1C#N. The van der Waals surface area contributed by atoms with Gasteiger partial charge in [-0.05, 0) is 30.9 Å². The van der Waals surface area contributed by atoms with E-state index in [4.69, 9.17) is 10.00 Å². The zero-order valence-electron chi connectivity index (χ0n) is 10.0. The van der Waals surface area contributed by atoms with Crippen LogP contribution in [0, 0.1) is 17.2 Å². The molecule has 0 aromatic heterocycles. The molecule has 0 aliphatic heterocycles. The van der Waals surface area contributed by atoms with Crippen LogP contribution in [0.15, 0.2) is 23.1 Å². The van der Waals surface area contributed by atoms with Crippen molar-refractivity contribution in [3.05, 3.63) is 23.8 Å². The molecule has 1 N–H and O–H groups in total. The highest BCUT2D eigenvalue weighted by atomic mass is 32.2. The molecular formula is C12H14N2O3S. The Kier molecular flexibility index (Phi) is 3.55. The predicted molar refractivity (Wildman–Crippen MR) is 65.6 cm³/mol. The van der Waals surface area contributed by atoms with Gasteiger partial charge in [-0.3, -0.25) is 0 Å². The van der Waals surface area contributed by atoms with Crippen molar-refractivity contribution >= 4 is 10.0 Å². The Hall–Kier alpha value is -1.58. The summed E-state index contributed by atoms with van der Waals surface area (Å²) in [5, 5.41) is 9.06. The summed E-state index contributed by atoms with van der Waals surface area (Å²) in [7, 11) is -2.24. The van der Waals surface area contributed by atoms with Crippen molar-refractivity contribution in [1.29, 1.82) is 5.26 Å². The zero-order valence-corrected chi connectivity index (χ0v) is 10.8. The summed E-state index contributed by atoms with van der Waals surface area (Å²) >= 11 is 0. The van der Waals surface area contributed by atoms with Gasteiger partial charge in [-0.2, -0.15) is 5.26 Å². The van der Waals surface area contributed by atoms with E-state index in [0.717, 1.165) is 12.8 Å². The first kappa shape index (κ1) is 12.9. The highest BCUT2D eigenvalue weighted by Crippen LogP contribution is 2.29. The second-order valence-electron chi connectivity index (χ2n) is 4.24. The first-order valence-corrected chi connectivity index (χ1v) is 7.13. The number of nitrogens with zero attached hydrogens (tertiary/aromatic N) is 1. The summed E-state index contributed by atoms with van der Waals surface area (Å²) in [5.74, 6) is 0.711. The van der Waals surface area contributed by atoms with Gasteiger partial charge in [0.2, 0.25) is 10.0 Å². The quantitative estimate of drug-likeness (QED) is 0.870. The fourth-order valence-corrected chi connectivity index (χ4v) is 2.93. The monoisotopic (exact) mass is 266 g/mol. The van der Waals surface area contributed by atoms with Gasteiger partial charge in [-0.25, -0.2) is 13.1 Å². The Morgan fingerprint density at radius 1 is 1.50 bits per heavy atom. The first-order chi connectivity index (χ1) is 8.58. The summed E-state index contributed by atoms with van der Waals surface area (Å²) in [6.45, 7) is 0.435. The van der Waals surface area contributed by atoms with Crippen molar-refractivity contribution in [3.8, 4) is 11.8 Å². The Morgan fingerprint density at radius 2 is 2.22 bits per heavy atom. The number of ether oxygens (including phenoxy) is 1. The summed E-state index contributed by atoms with van der Waals surface area (Å²) in [6, 6.07) is 6.42. The molecular weight excluding hydrogens is 252 g/mol. The minimum absolute atomic E-state index is 0.0231. The second kappa shape index (κ2) is 4.96. The van der Waals surface area contributed by atoms with Crippen LogP contribution in [0.5, 0.6) is 5.75 Å². The van der Waals surface area contributed by atoms with E-state index in [1.807, 2.05) is 6.07 Å². The van der Waals surface area contributed by atoms with Crippen LogP contribution in [0.25, 0.3) is 0 Å². The van der Waals surface area contributed by atoms with E-state index >= 15 is 0 Å². The maximum Gasteiger partial charge on any atom is 0.242 e. The number of nitrogens with one attached hydrogen (secondary N) is 1. The van der Waals surface area contributed by atoms with Crippen molar-refractivity contribution in [2.75, 3.05) is 13.7 Å². The van der Waals surface area contributed by atoms with Crippen LogP contribution in [0.3, 0.4) is 0 Å². The molecule has 1 fully saturated rings. The van der Waals surface area contributed by atoms with E-state index in [1.165, 1.54) is 13.2 Å². The largest absolute Gasteiger partial charge is 0.495 e. The van der Waals surface area contributed by atoms with Crippen molar-refractivity contribution in [1.82, 2.24) is 4.72 Å². The van der Waals surface area contributed by atoms with Crippen LogP contribution < -0.4 is 9.46 Å². The lowest BCUT2D eigenvalue weighted by Gasteiger charge is -2.10. The standard InChI is InChI=1S/C12H14N2O3S/c1-17-11-3-2-4-12(10(11)7-13)18(15,16)14-8-9-5-6-9/h2-4,9,14H,5-6,8H2,1H3. The molecule has 0 spiro atoms. The van der Waals surface area contributed by atoms with Gasteiger partial charge in [0.15, 0.2) is 0 Å². The lowest BCUT2D eigenvalue weighted by Crippen LogP contribution is -2.26. The highest BCUT2D eigenvalue weighted by Gasteiger charge is 2.26. The lowest BCUT2D eigenvalue weighted by atomic mass is 10.2. The van der Waals surface area contributed by atoms with E-state index in [1.54, 1.807) is 12.1 Å². The molecule has 0 unspecified atom stereocenters. The smallest absolute Gasteiger partial charge is 0.242 e. The Morgan fingerprint density at radius 3 is 2.78 bits per heavy atom. The molecule has 0 saturated heterocycles. The van der Waals surface area contributed by atoms with Gasteiger partial charge >= 0.3 is 0 Å². The van der Waals surface area contributed by atoms with E-state index in [2.05, 4.69) is 4.72 Å². The molecule has 1 saturated carbocycles. The third kappa shape index (κ3) is 2.63. The molecule has 1 aliphatic rings. The van der Waals surface area contributed by atoms with Crippen LogP contribution in [0.1, 0.15) is 18.4 Å². The predicted octanol–water partition coefficient (Wildman–Crippen LogP) is 1.26. The van der Waals surface area contributed by atoms with Crippen LogP contribution in [-0.4, -0.2) is 22.1 Å². The molecule has 1 aromatic carbocycles. The van der Waals surface area contributed by atoms with E-state index in [9.17, 15) is 8.42 Å². The highest BCUT2D eigenvalue weighted by molar-refractivity contribution is 7.89. The summed E-state index contributed by atoms with van der Waals surface area (Å²) in [5.41, 5.74) is 0.0447. The van der Waals surface area contributed by atoms with Gasteiger partial charge in [0.05, 0.1) is 7.11 Å². The van der Waals surface area contributed by atoms with Gasteiger partial charge in [-0.1, -0.05) is 6.07 Å². The summed E-state index contributed by atoms with van der Waals surface area (Å²) in [6.07, 6.45) is 2.12. The molecule has 1 aromatic rings. The van der Waals surface area contributed by atoms with E-state index < -0.39 is 10.0 Å². The van der Waals surface area contributed by atoms with Crippen LogP contribution in [0.2, 0.25) is 0 Å². The molecule has 0 radical (unpaired) electrons. The van der Waals surface area contributed by atoms with Gasteiger partial charge in [-0.15, -0.1) is 0 Å². The molecule has 0 heterocycles. The number of hydrogen-bond donors (Lipinski definition) is 1. The van der Waals surface area contributed by atoms with Crippen molar-refractivity contribution in [3.63, 3.8) is 0 Å². The number of sulfonamides is 1. The molecule has 6 heteroatoms. The molecule has 5 nitrogen and oxygen atoms in total. The van der Waals surface area contributed by atoms with Crippen molar-refractivity contribution < 1.29 is 13.2 Å². The molecule has 2 rings (SSSR count). The minimum atomic E-state index is -3.64. The van der Waals surface area contributed by atoms with Crippen LogP contribution in [-0.2, 0) is 10.0 Å². The third-order valence-electron chi connectivity index (χ3n) is 2.87. The average Bonchev–Trinajstić information content (AvgIpc) is 3.19. The number of hydrogen-bond acceptors (Lipinski definition) is 4. The summed E-state index contributed by atoms with van der Waals surface area (Å²) in [4.78, 5) is -0.0231. The van der Waals surface area contributed by atoms with Gasteiger partial charge in [0.1, 0.15) is 22.3 Å². The van der Waals surface area contributed by atoms with Gasteiger partial charge < -0.3 is 4.74 Å². The van der Waals surface area contributed by atoms with Gasteiger partial charge in [0.25, 0.3) is 0 Å². The minimum Gasteiger partial charge on any atom is -0.495 e. The average molecular weight is 266 g/mol. The maximum absolute atomic E-state index is 12.1. The number of benzene rings is 1. The fourth-order valence-electron chi connectivity index (χ4n) is 1.64. The van der Waals surface area contributed by atoms with Gasteiger partial charge in [0, 0.05) is 6.54 Å². The Labute approximate surface area is 106 Å². The number of rotatable bonds is 5. The lowest BCUT2D eigenvalue weighted by molar-refractivity contribution is 0.412. The molecule has 0 atom stereocenters. The Bertz CT molecular complexity index is 586. The second-order valence-corrected chi connectivity index (χ2v) is 5.98. The summed E-state index contributed by atoms with van der Waals surface area (Å²) < 4.78 is 31.7. The topological polar surface area (TPSA) is 79.2 Å².